The molecule has 0 aliphatic heterocycles. The van der Waals surface area contributed by atoms with Crippen molar-refractivity contribution in [1.29, 1.82) is 0 Å². The minimum Gasteiger partial charge on any atom is -0.489 e. The van der Waals surface area contributed by atoms with E-state index in [0.29, 0.717) is 17.9 Å². The Hall–Kier alpha value is -2.62. The number of rotatable bonds is 6. The second-order valence-electron chi connectivity index (χ2n) is 4.47. The molecule has 2 aromatic rings. The Morgan fingerprint density at radius 1 is 0.952 bits per heavy atom. The van der Waals surface area contributed by atoms with Crippen LogP contribution in [0.4, 0.5) is 0 Å². The van der Waals surface area contributed by atoms with Crippen molar-refractivity contribution in [1.82, 2.24) is 0 Å². The van der Waals surface area contributed by atoms with Crippen molar-refractivity contribution < 1.29 is 19.1 Å². The SMILES string of the molecule is COC(=O)CC(=O)c1ccc(OCc2ccccc2)cc1. The average Bonchev–Trinajstić information content (AvgIpc) is 2.54. The summed E-state index contributed by atoms with van der Waals surface area (Å²) in [6, 6.07) is 16.5. The number of ether oxygens (including phenoxy) is 2. The zero-order chi connectivity index (χ0) is 15.1. The number of Topliss-reactive ketones (excluding diaryl/α,β-unsaturated/α-hetero) is 1. The molecule has 0 aliphatic carbocycles. The monoisotopic (exact) mass is 284 g/mol. The van der Waals surface area contributed by atoms with E-state index in [9.17, 15) is 9.59 Å². The van der Waals surface area contributed by atoms with Crippen LogP contribution in [-0.2, 0) is 16.1 Å². The first kappa shape index (κ1) is 14.8. The van der Waals surface area contributed by atoms with Crippen LogP contribution in [0.2, 0.25) is 0 Å². The van der Waals surface area contributed by atoms with Gasteiger partial charge in [-0.05, 0) is 29.8 Å². The van der Waals surface area contributed by atoms with E-state index in [4.69, 9.17) is 4.74 Å². The Morgan fingerprint density at radius 2 is 1.62 bits per heavy atom. The lowest BCUT2D eigenvalue weighted by Gasteiger charge is -2.07. The van der Waals surface area contributed by atoms with Gasteiger partial charge in [0.05, 0.1) is 7.11 Å². The maximum Gasteiger partial charge on any atom is 0.313 e. The van der Waals surface area contributed by atoms with Crippen molar-refractivity contribution in [3.8, 4) is 5.75 Å². The molecule has 108 valence electrons. The number of carbonyl (C=O) groups excluding carboxylic acids is 2. The molecule has 0 heterocycles. The maximum atomic E-state index is 11.8. The van der Waals surface area contributed by atoms with E-state index in [-0.39, 0.29) is 12.2 Å². The van der Waals surface area contributed by atoms with Crippen LogP contribution >= 0.6 is 0 Å². The molecule has 0 saturated carbocycles. The van der Waals surface area contributed by atoms with Crippen LogP contribution in [0.1, 0.15) is 22.3 Å². The minimum atomic E-state index is -0.538. The second-order valence-corrected chi connectivity index (χ2v) is 4.47. The highest BCUT2D eigenvalue weighted by atomic mass is 16.5. The molecule has 0 N–H and O–H groups in total. The van der Waals surface area contributed by atoms with E-state index < -0.39 is 5.97 Å². The third-order valence-electron chi connectivity index (χ3n) is 2.96. The average molecular weight is 284 g/mol. The molecule has 0 atom stereocenters. The van der Waals surface area contributed by atoms with Gasteiger partial charge in [-0.15, -0.1) is 0 Å². The number of esters is 1. The van der Waals surface area contributed by atoms with Crippen LogP contribution in [0.3, 0.4) is 0 Å². The normalized spacial score (nSPS) is 9.95. The first-order valence-electron chi connectivity index (χ1n) is 6.56. The number of benzene rings is 2. The minimum absolute atomic E-state index is 0.249. The number of carbonyl (C=O) groups is 2. The van der Waals surface area contributed by atoms with E-state index in [0.717, 1.165) is 5.56 Å². The van der Waals surface area contributed by atoms with E-state index in [1.807, 2.05) is 30.3 Å². The van der Waals surface area contributed by atoms with Gasteiger partial charge in [-0.2, -0.15) is 0 Å². The summed E-state index contributed by atoms with van der Waals surface area (Å²) in [4.78, 5) is 22.8. The number of hydrogen-bond donors (Lipinski definition) is 0. The molecule has 0 saturated heterocycles. The zero-order valence-corrected chi connectivity index (χ0v) is 11.7. The first-order valence-corrected chi connectivity index (χ1v) is 6.56. The lowest BCUT2D eigenvalue weighted by molar-refractivity contribution is -0.139. The van der Waals surface area contributed by atoms with Crippen LogP contribution < -0.4 is 4.74 Å². The van der Waals surface area contributed by atoms with Gasteiger partial charge in [0, 0.05) is 5.56 Å². The molecule has 0 bridgehead atoms. The Balaban J connectivity index is 1.93. The molecule has 4 nitrogen and oxygen atoms in total. The second kappa shape index (κ2) is 7.24. The van der Waals surface area contributed by atoms with Crippen LogP contribution in [0.25, 0.3) is 0 Å². The topological polar surface area (TPSA) is 52.6 Å². The number of methoxy groups -OCH3 is 1. The summed E-state index contributed by atoms with van der Waals surface area (Å²) < 4.78 is 10.1. The van der Waals surface area contributed by atoms with Crippen molar-refractivity contribution in [3.05, 3.63) is 65.7 Å². The molecule has 0 amide bonds. The molecule has 4 heteroatoms. The summed E-state index contributed by atoms with van der Waals surface area (Å²) >= 11 is 0. The van der Waals surface area contributed by atoms with Gasteiger partial charge in [-0.1, -0.05) is 30.3 Å². The molecular formula is C17H16O4. The highest BCUT2D eigenvalue weighted by Crippen LogP contribution is 2.15. The smallest absolute Gasteiger partial charge is 0.313 e. The Bertz CT molecular complexity index is 602. The van der Waals surface area contributed by atoms with Crippen LogP contribution in [0, 0.1) is 0 Å². The lowest BCUT2D eigenvalue weighted by Crippen LogP contribution is -2.09. The molecule has 2 rings (SSSR count). The molecule has 0 unspecified atom stereocenters. The van der Waals surface area contributed by atoms with Gasteiger partial charge in [0.2, 0.25) is 0 Å². The lowest BCUT2D eigenvalue weighted by atomic mass is 10.1. The van der Waals surface area contributed by atoms with Gasteiger partial charge in [-0.3, -0.25) is 9.59 Å². The van der Waals surface area contributed by atoms with Gasteiger partial charge in [0.1, 0.15) is 18.8 Å². The third kappa shape index (κ3) is 4.45. The van der Waals surface area contributed by atoms with E-state index in [1.54, 1.807) is 24.3 Å². The van der Waals surface area contributed by atoms with E-state index >= 15 is 0 Å². The van der Waals surface area contributed by atoms with Gasteiger partial charge >= 0.3 is 5.97 Å². The van der Waals surface area contributed by atoms with Crippen molar-refractivity contribution >= 4 is 11.8 Å². The summed E-state index contributed by atoms with van der Waals surface area (Å²) in [6.45, 7) is 0.469. The molecule has 0 spiro atoms. The van der Waals surface area contributed by atoms with Crippen molar-refractivity contribution in [2.45, 2.75) is 13.0 Å². The molecule has 2 aromatic carbocycles. The van der Waals surface area contributed by atoms with Gasteiger partial charge in [-0.25, -0.2) is 0 Å². The molecule has 0 aromatic heterocycles. The van der Waals surface area contributed by atoms with Gasteiger partial charge in [0.15, 0.2) is 5.78 Å². The fraction of sp³-hybridized carbons (Fsp3) is 0.176. The molecule has 0 radical (unpaired) electrons. The highest BCUT2D eigenvalue weighted by Gasteiger charge is 2.11. The zero-order valence-electron chi connectivity index (χ0n) is 11.7. The third-order valence-corrected chi connectivity index (χ3v) is 2.96. The fourth-order valence-electron chi connectivity index (χ4n) is 1.78. The number of ketones is 1. The summed E-state index contributed by atoms with van der Waals surface area (Å²) in [5.41, 5.74) is 1.54. The van der Waals surface area contributed by atoms with Crippen LogP contribution in [0.15, 0.2) is 54.6 Å². The first-order chi connectivity index (χ1) is 10.2. The highest BCUT2D eigenvalue weighted by molar-refractivity contribution is 6.05. The van der Waals surface area contributed by atoms with Crippen molar-refractivity contribution in [2.75, 3.05) is 7.11 Å². The fourth-order valence-corrected chi connectivity index (χ4v) is 1.78. The van der Waals surface area contributed by atoms with Gasteiger partial charge < -0.3 is 9.47 Å². The molecular weight excluding hydrogens is 268 g/mol. The quantitative estimate of drug-likeness (QED) is 0.465. The predicted molar refractivity (Wildman–Crippen MR) is 78.2 cm³/mol. The van der Waals surface area contributed by atoms with E-state index in [2.05, 4.69) is 4.74 Å². The largest absolute Gasteiger partial charge is 0.489 e. The van der Waals surface area contributed by atoms with E-state index in [1.165, 1.54) is 7.11 Å². The Morgan fingerprint density at radius 3 is 2.24 bits per heavy atom. The standard InChI is InChI=1S/C17H16O4/c1-20-17(19)11-16(18)14-7-9-15(10-8-14)21-12-13-5-3-2-4-6-13/h2-10H,11-12H2,1H3. The molecule has 0 aliphatic rings. The summed E-state index contributed by atoms with van der Waals surface area (Å²) in [5.74, 6) is -0.130. The summed E-state index contributed by atoms with van der Waals surface area (Å²) in [7, 11) is 1.26. The Labute approximate surface area is 123 Å². The van der Waals surface area contributed by atoms with Gasteiger partial charge in [0.25, 0.3) is 0 Å². The predicted octanol–water partition coefficient (Wildman–Crippen LogP) is 3.01. The molecule has 0 fully saturated rings. The van der Waals surface area contributed by atoms with Crippen LogP contribution in [0.5, 0.6) is 5.75 Å². The van der Waals surface area contributed by atoms with Crippen LogP contribution in [-0.4, -0.2) is 18.9 Å². The summed E-state index contributed by atoms with van der Waals surface area (Å²) in [5, 5.41) is 0. The Kier molecular flexibility index (Phi) is 5.10. The molecule has 21 heavy (non-hydrogen) atoms. The van der Waals surface area contributed by atoms with Crippen molar-refractivity contribution in [3.63, 3.8) is 0 Å². The van der Waals surface area contributed by atoms with Crippen molar-refractivity contribution in [2.24, 2.45) is 0 Å². The maximum absolute atomic E-state index is 11.8. The number of hydrogen-bond acceptors (Lipinski definition) is 4. The summed E-state index contributed by atoms with van der Waals surface area (Å²) in [6.07, 6.45) is -0.249.